The van der Waals surface area contributed by atoms with Crippen molar-refractivity contribution in [3.05, 3.63) is 144 Å². The van der Waals surface area contributed by atoms with Gasteiger partial charge in [0, 0.05) is 86.0 Å². The molecule has 0 radical (unpaired) electrons. The van der Waals surface area contributed by atoms with Crippen molar-refractivity contribution in [3.8, 4) is 11.1 Å². The monoisotopic (exact) mass is 857 g/mol. The summed E-state index contributed by atoms with van der Waals surface area (Å²) in [4.78, 5) is 21.4. The Balaban J connectivity index is 0.922. The number of carbonyl (C=O) groups excluding carboxylic acids is 1. The fraction of sp³-hybridized carbons (Fsp3) is 0.326. The zero-order valence-corrected chi connectivity index (χ0v) is 35.2. The van der Waals surface area contributed by atoms with Gasteiger partial charge < -0.3 is 15.0 Å². The van der Waals surface area contributed by atoms with Crippen molar-refractivity contribution in [1.29, 1.82) is 0 Å². The van der Waals surface area contributed by atoms with Gasteiger partial charge in [-0.2, -0.15) is 13.2 Å². The first-order valence-electron chi connectivity index (χ1n) is 20.2. The van der Waals surface area contributed by atoms with E-state index >= 15 is 0 Å². The number of alkyl halides is 3. The van der Waals surface area contributed by atoms with Gasteiger partial charge in [-0.05, 0) is 102 Å². The summed E-state index contributed by atoms with van der Waals surface area (Å²) in [5.74, 6) is 0.129. The molecule has 5 aromatic rings. The van der Waals surface area contributed by atoms with Crippen molar-refractivity contribution >= 4 is 39.1 Å². The highest BCUT2D eigenvalue weighted by molar-refractivity contribution is 7.99. The second-order valence-electron chi connectivity index (χ2n) is 15.2. The summed E-state index contributed by atoms with van der Waals surface area (Å²) in [6.07, 6.45) is -3.47. The van der Waals surface area contributed by atoms with Gasteiger partial charge in [0.2, 0.25) is 0 Å². The fourth-order valence-corrected chi connectivity index (χ4v) is 9.56. The first kappa shape index (κ1) is 43.2. The summed E-state index contributed by atoms with van der Waals surface area (Å²) < 4.78 is 74.0. The quantitative estimate of drug-likeness (QED) is 0.101. The van der Waals surface area contributed by atoms with Crippen LogP contribution in [0.4, 0.5) is 24.5 Å². The molecule has 2 aliphatic heterocycles. The van der Waals surface area contributed by atoms with E-state index in [9.17, 15) is 26.4 Å². The van der Waals surface area contributed by atoms with Crippen LogP contribution in [0.1, 0.15) is 33.5 Å². The van der Waals surface area contributed by atoms with E-state index in [1.165, 1.54) is 23.1 Å². The molecule has 0 bridgehead atoms. The maximum Gasteiger partial charge on any atom is 0.416 e. The molecule has 316 valence electrons. The summed E-state index contributed by atoms with van der Waals surface area (Å²) in [6.45, 7) is 9.75. The molecule has 0 spiro atoms. The lowest BCUT2D eigenvalue weighted by molar-refractivity contribution is -0.137. The van der Waals surface area contributed by atoms with E-state index in [2.05, 4.69) is 36.9 Å². The number of carbonyl (C=O) groups is 1. The van der Waals surface area contributed by atoms with Gasteiger partial charge in [0.1, 0.15) is 0 Å². The van der Waals surface area contributed by atoms with Crippen molar-refractivity contribution in [1.82, 2.24) is 14.5 Å². The van der Waals surface area contributed by atoms with E-state index < -0.39 is 27.7 Å². The normalized spacial score (nSPS) is 16.0. The fourth-order valence-electron chi connectivity index (χ4n) is 7.51. The Bertz CT molecular complexity index is 2300. The van der Waals surface area contributed by atoms with E-state index in [0.717, 1.165) is 117 Å². The minimum Gasteiger partial charge on any atom is -0.381 e. The zero-order valence-electron chi connectivity index (χ0n) is 33.5. The third-order valence-corrected chi connectivity index (χ3v) is 13.5. The third-order valence-electron chi connectivity index (χ3n) is 11.0. The number of morpholine rings is 1. The van der Waals surface area contributed by atoms with Crippen molar-refractivity contribution in [2.24, 2.45) is 0 Å². The van der Waals surface area contributed by atoms with Crippen molar-refractivity contribution in [2.45, 2.75) is 41.9 Å². The summed E-state index contributed by atoms with van der Waals surface area (Å²) in [6, 6.07) is 35.3. The Morgan fingerprint density at radius 3 is 2.17 bits per heavy atom. The lowest BCUT2D eigenvalue weighted by Gasteiger charge is -2.36. The molecule has 0 aliphatic carbocycles. The molecule has 5 aromatic carbocycles. The summed E-state index contributed by atoms with van der Waals surface area (Å²) >= 11 is 1.78. The van der Waals surface area contributed by atoms with Gasteiger partial charge in [-0.15, -0.1) is 11.8 Å². The molecule has 2 N–H and O–H groups in total. The van der Waals surface area contributed by atoms with Gasteiger partial charge in [0.05, 0.1) is 23.7 Å². The molecule has 2 heterocycles. The van der Waals surface area contributed by atoms with Gasteiger partial charge in [0.25, 0.3) is 15.9 Å². The lowest BCUT2D eigenvalue weighted by atomic mass is 9.98. The standard InChI is InChI=1S/C46H50F3N5O4S2/c1-34-31-42(19-20-44(34)50-39(21-22-52-27-29-58-30-28-52)33-59-41-8-3-2-4-9-41)60(56,57)51-45(55)36-13-17-40(18-14-36)54-25-23-53(24-26-54)32-37-7-5-6-10-43(37)35-11-15-38(16-12-35)46(47,48)49/h2-20,31,39,50H,21-30,32-33H2,1H3,(H,51,55). The van der Waals surface area contributed by atoms with Crippen LogP contribution >= 0.6 is 11.8 Å². The minimum atomic E-state index is -4.38. The number of piperazine rings is 1. The minimum absolute atomic E-state index is 0.0129. The van der Waals surface area contributed by atoms with Crippen molar-refractivity contribution in [3.63, 3.8) is 0 Å². The highest BCUT2D eigenvalue weighted by atomic mass is 32.2. The van der Waals surface area contributed by atoms with Crippen LogP contribution in [0.3, 0.4) is 0 Å². The second-order valence-corrected chi connectivity index (χ2v) is 17.9. The Labute approximate surface area is 355 Å². The number of rotatable bonds is 15. The molecule has 0 saturated carbocycles. The van der Waals surface area contributed by atoms with E-state index in [-0.39, 0.29) is 16.5 Å². The average molecular weight is 858 g/mol. The summed E-state index contributed by atoms with van der Waals surface area (Å²) in [7, 11) is -4.15. The maximum atomic E-state index is 13.4. The molecular weight excluding hydrogens is 808 g/mol. The van der Waals surface area contributed by atoms with Crippen LogP contribution in [0.25, 0.3) is 11.1 Å². The number of amides is 1. The van der Waals surface area contributed by atoms with E-state index in [4.69, 9.17) is 4.74 Å². The van der Waals surface area contributed by atoms with Crippen LogP contribution in [0.15, 0.2) is 131 Å². The second kappa shape index (κ2) is 19.7. The molecule has 7 rings (SSSR count). The Kier molecular flexibility index (Phi) is 14.2. The molecule has 2 saturated heterocycles. The molecule has 2 fully saturated rings. The maximum absolute atomic E-state index is 13.4. The highest BCUT2D eigenvalue weighted by Gasteiger charge is 2.30. The van der Waals surface area contributed by atoms with Gasteiger partial charge in [-0.25, -0.2) is 13.1 Å². The lowest BCUT2D eigenvalue weighted by Crippen LogP contribution is -2.46. The van der Waals surface area contributed by atoms with Crippen LogP contribution in [0.2, 0.25) is 0 Å². The van der Waals surface area contributed by atoms with Crippen LogP contribution in [0, 0.1) is 6.92 Å². The smallest absolute Gasteiger partial charge is 0.381 e. The van der Waals surface area contributed by atoms with Gasteiger partial charge in [0.15, 0.2) is 0 Å². The molecule has 1 unspecified atom stereocenters. The first-order chi connectivity index (χ1) is 28.9. The van der Waals surface area contributed by atoms with E-state index in [1.807, 2.05) is 61.5 Å². The molecule has 2 aliphatic rings. The number of nitrogens with zero attached hydrogens (tertiary/aromatic N) is 3. The molecule has 1 amide bonds. The number of halogens is 3. The molecule has 9 nitrogen and oxygen atoms in total. The predicted molar refractivity (Wildman–Crippen MR) is 233 cm³/mol. The zero-order chi connectivity index (χ0) is 42.1. The highest BCUT2D eigenvalue weighted by Crippen LogP contribution is 2.33. The van der Waals surface area contributed by atoms with E-state index in [0.29, 0.717) is 6.54 Å². The summed E-state index contributed by atoms with van der Waals surface area (Å²) in [5, 5.41) is 3.66. The Morgan fingerprint density at radius 1 is 0.800 bits per heavy atom. The molecule has 1 atom stereocenters. The van der Waals surface area contributed by atoms with Crippen LogP contribution in [-0.4, -0.2) is 94.9 Å². The van der Waals surface area contributed by atoms with E-state index in [1.54, 1.807) is 36.0 Å². The van der Waals surface area contributed by atoms with Crippen LogP contribution < -0.4 is 14.9 Å². The van der Waals surface area contributed by atoms with Gasteiger partial charge in [-0.1, -0.05) is 54.6 Å². The van der Waals surface area contributed by atoms with Crippen LogP contribution in [-0.2, 0) is 27.5 Å². The SMILES string of the molecule is Cc1cc(S(=O)(=O)NC(=O)c2ccc(N3CCN(Cc4ccccc4-c4ccc(C(F)(F)F)cc4)CC3)cc2)ccc1NC(CCN1CCOCC1)CSc1ccccc1. The summed E-state index contributed by atoms with van der Waals surface area (Å²) in [5.41, 5.74) is 4.77. The van der Waals surface area contributed by atoms with Crippen LogP contribution in [0.5, 0.6) is 0 Å². The number of anilines is 2. The number of aryl methyl sites for hydroxylation is 1. The number of thioether (sulfide) groups is 1. The third kappa shape index (κ3) is 11.5. The molecular formula is C46H50F3N5O4S2. The van der Waals surface area contributed by atoms with Gasteiger partial charge in [-0.3, -0.25) is 14.6 Å². The molecule has 14 heteroatoms. The Morgan fingerprint density at radius 2 is 1.48 bits per heavy atom. The number of sulfonamides is 1. The predicted octanol–water partition coefficient (Wildman–Crippen LogP) is 8.42. The molecule has 0 aromatic heterocycles. The van der Waals surface area contributed by atoms with Crippen molar-refractivity contribution < 1.29 is 31.1 Å². The first-order valence-corrected chi connectivity index (χ1v) is 22.6. The average Bonchev–Trinajstić information content (AvgIpc) is 3.26. The Hall–Kier alpha value is -4.86. The number of benzene rings is 5. The number of hydrogen-bond acceptors (Lipinski definition) is 9. The van der Waals surface area contributed by atoms with Crippen molar-refractivity contribution in [2.75, 3.05) is 75.0 Å². The number of nitrogens with one attached hydrogen (secondary N) is 2. The topological polar surface area (TPSA) is 94.2 Å². The molecule has 60 heavy (non-hydrogen) atoms. The number of ether oxygens (including phenoxy) is 1. The number of hydrogen-bond donors (Lipinski definition) is 2. The van der Waals surface area contributed by atoms with Gasteiger partial charge >= 0.3 is 6.18 Å². The largest absolute Gasteiger partial charge is 0.416 e.